The normalized spacial score (nSPS) is 10.6. The molecule has 1 N–H and O–H groups in total. The Hall–Kier alpha value is -0.560. The average molecular weight is 154 g/mol. The summed E-state index contributed by atoms with van der Waals surface area (Å²) in [6, 6.07) is 0. The summed E-state index contributed by atoms with van der Waals surface area (Å²) in [5.74, 6) is 0. The Morgan fingerprint density at radius 3 is 2.27 bits per heavy atom. The van der Waals surface area contributed by atoms with Crippen molar-refractivity contribution in [3.63, 3.8) is 0 Å². The minimum absolute atomic E-state index is 0.267. The van der Waals surface area contributed by atoms with Gasteiger partial charge >= 0.3 is 0 Å². The maximum atomic E-state index is 8.44. The first kappa shape index (κ1) is 10.4. The highest BCUT2D eigenvalue weighted by Gasteiger charge is 1.81. The number of aliphatic hydroxyl groups is 1. The van der Waals surface area contributed by atoms with Crippen LogP contribution in [0.2, 0.25) is 0 Å². The van der Waals surface area contributed by atoms with Crippen molar-refractivity contribution in [2.75, 3.05) is 6.61 Å². The van der Waals surface area contributed by atoms with Gasteiger partial charge in [-0.3, -0.25) is 0 Å². The maximum absolute atomic E-state index is 8.44. The van der Waals surface area contributed by atoms with Crippen molar-refractivity contribution in [2.24, 2.45) is 0 Å². The molecule has 0 amide bonds. The van der Waals surface area contributed by atoms with Gasteiger partial charge in [0, 0.05) is 6.61 Å². The topological polar surface area (TPSA) is 20.2 Å². The van der Waals surface area contributed by atoms with Gasteiger partial charge in [0.15, 0.2) is 0 Å². The van der Waals surface area contributed by atoms with Gasteiger partial charge < -0.3 is 5.11 Å². The summed E-state index contributed by atoms with van der Waals surface area (Å²) in [6.45, 7) is 3.92. The molecule has 0 aromatic rings. The number of allylic oxidation sites excluding steroid dienone is 2. The summed E-state index contributed by atoms with van der Waals surface area (Å²) in [4.78, 5) is 0. The Bertz CT molecular complexity index is 105. The lowest BCUT2D eigenvalue weighted by atomic mass is 10.2. The molecule has 0 radical (unpaired) electrons. The van der Waals surface area contributed by atoms with E-state index in [1.54, 1.807) is 0 Å². The molecule has 0 unspecified atom stereocenters. The van der Waals surface area contributed by atoms with Gasteiger partial charge in [0.05, 0.1) is 0 Å². The molecule has 0 saturated heterocycles. The third kappa shape index (κ3) is 9.44. The Morgan fingerprint density at radius 2 is 1.64 bits per heavy atom. The lowest BCUT2D eigenvalue weighted by Crippen LogP contribution is -1.76. The second kappa shape index (κ2) is 9.44. The van der Waals surface area contributed by atoms with Crippen LogP contribution in [0, 0.1) is 0 Å². The van der Waals surface area contributed by atoms with Crippen LogP contribution >= 0.6 is 0 Å². The molecule has 1 heteroatoms. The molecule has 0 aliphatic carbocycles. The summed E-state index contributed by atoms with van der Waals surface area (Å²) in [6.07, 6.45) is 11.6. The van der Waals surface area contributed by atoms with Crippen LogP contribution in [0.3, 0.4) is 0 Å². The van der Waals surface area contributed by atoms with E-state index in [9.17, 15) is 0 Å². The average Bonchev–Trinajstić information content (AvgIpc) is 2.03. The van der Waals surface area contributed by atoms with Crippen molar-refractivity contribution in [1.82, 2.24) is 0 Å². The molecule has 1 nitrogen and oxygen atoms in total. The van der Waals surface area contributed by atoms with Gasteiger partial charge in [-0.05, 0) is 32.1 Å². The Morgan fingerprint density at radius 1 is 1.00 bits per heavy atom. The molecule has 11 heavy (non-hydrogen) atoms. The highest BCUT2D eigenvalue weighted by atomic mass is 16.2. The third-order valence-corrected chi connectivity index (χ3v) is 1.49. The van der Waals surface area contributed by atoms with E-state index in [0.717, 1.165) is 19.3 Å². The third-order valence-electron chi connectivity index (χ3n) is 1.49. The van der Waals surface area contributed by atoms with Crippen LogP contribution in [0.25, 0.3) is 0 Å². The SMILES string of the molecule is C=CCCCC/C=C/CCO. The van der Waals surface area contributed by atoms with Gasteiger partial charge in [-0.25, -0.2) is 0 Å². The van der Waals surface area contributed by atoms with Crippen LogP contribution in [-0.4, -0.2) is 11.7 Å². The second-order valence-corrected chi connectivity index (χ2v) is 2.56. The Labute approximate surface area is 69.4 Å². The Balaban J connectivity index is 2.94. The summed E-state index contributed by atoms with van der Waals surface area (Å²) in [7, 11) is 0. The molecular formula is C10H18O. The first-order valence-corrected chi connectivity index (χ1v) is 4.28. The summed E-state index contributed by atoms with van der Waals surface area (Å²) >= 11 is 0. The van der Waals surface area contributed by atoms with Gasteiger partial charge in [-0.2, -0.15) is 0 Å². The molecule has 0 aliphatic heterocycles. The lowest BCUT2D eigenvalue weighted by molar-refractivity contribution is 0.302. The number of hydrogen-bond acceptors (Lipinski definition) is 1. The highest BCUT2D eigenvalue weighted by molar-refractivity contribution is 4.81. The zero-order valence-corrected chi connectivity index (χ0v) is 7.13. The van der Waals surface area contributed by atoms with E-state index < -0.39 is 0 Å². The number of rotatable bonds is 7. The van der Waals surface area contributed by atoms with Crippen molar-refractivity contribution >= 4 is 0 Å². The fourth-order valence-electron chi connectivity index (χ4n) is 0.861. The van der Waals surface area contributed by atoms with Crippen molar-refractivity contribution in [3.05, 3.63) is 24.8 Å². The number of aliphatic hydroxyl groups excluding tert-OH is 1. The van der Waals surface area contributed by atoms with E-state index in [2.05, 4.69) is 12.7 Å². The summed E-state index contributed by atoms with van der Waals surface area (Å²) < 4.78 is 0. The number of hydrogen-bond donors (Lipinski definition) is 1. The van der Waals surface area contributed by atoms with E-state index >= 15 is 0 Å². The highest BCUT2D eigenvalue weighted by Crippen LogP contribution is 2.00. The number of unbranched alkanes of at least 4 members (excludes halogenated alkanes) is 3. The predicted octanol–water partition coefficient (Wildman–Crippen LogP) is 2.67. The molecule has 0 heterocycles. The van der Waals surface area contributed by atoms with Crippen molar-refractivity contribution in [2.45, 2.75) is 32.1 Å². The zero-order chi connectivity index (χ0) is 8.36. The molecule has 0 rings (SSSR count). The molecule has 0 aliphatic rings. The molecule has 0 aromatic carbocycles. The van der Waals surface area contributed by atoms with Gasteiger partial charge in [0.1, 0.15) is 0 Å². The largest absolute Gasteiger partial charge is 0.396 e. The van der Waals surface area contributed by atoms with E-state index in [1.807, 2.05) is 12.2 Å². The first-order chi connectivity index (χ1) is 5.41. The minimum atomic E-state index is 0.267. The molecule has 0 aromatic heterocycles. The van der Waals surface area contributed by atoms with E-state index in [4.69, 9.17) is 5.11 Å². The molecule has 0 fully saturated rings. The monoisotopic (exact) mass is 154 g/mol. The van der Waals surface area contributed by atoms with Crippen LogP contribution in [0.1, 0.15) is 32.1 Å². The van der Waals surface area contributed by atoms with Crippen LogP contribution in [0.4, 0.5) is 0 Å². The zero-order valence-electron chi connectivity index (χ0n) is 7.13. The van der Waals surface area contributed by atoms with Crippen LogP contribution in [-0.2, 0) is 0 Å². The maximum Gasteiger partial charge on any atom is 0.0465 e. The second-order valence-electron chi connectivity index (χ2n) is 2.56. The molecule has 0 atom stereocenters. The fraction of sp³-hybridized carbons (Fsp3) is 0.600. The smallest absolute Gasteiger partial charge is 0.0465 e. The quantitative estimate of drug-likeness (QED) is 0.441. The van der Waals surface area contributed by atoms with E-state index in [0.29, 0.717) is 0 Å². The van der Waals surface area contributed by atoms with Crippen LogP contribution < -0.4 is 0 Å². The minimum Gasteiger partial charge on any atom is -0.396 e. The molecule has 64 valence electrons. The predicted molar refractivity (Wildman–Crippen MR) is 49.5 cm³/mol. The Kier molecular flexibility index (Phi) is 8.96. The first-order valence-electron chi connectivity index (χ1n) is 4.28. The van der Waals surface area contributed by atoms with Crippen molar-refractivity contribution < 1.29 is 5.11 Å². The molecule has 0 saturated carbocycles. The summed E-state index contributed by atoms with van der Waals surface area (Å²) in [5, 5.41) is 8.44. The van der Waals surface area contributed by atoms with E-state index in [-0.39, 0.29) is 6.61 Å². The van der Waals surface area contributed by atoms with E-state index in [1.165, 1.54) is 12.8 Å². The lowest BCUT2D eigenvalue weighted by Gasteiger charge is -1.91. The summed E-state index contributed by atoms with van der Waals surface area (Å²) in [5.41, 5.74) is 0. The molecule has 0 bridgehead atoms. The van der Waals surface area contributed by atoms with Gasteiger partial charge in [0.25, 0.3) is 0 Å². The fourth-order valence-corrected chi connectivity index (χ4v) is 0.861. The van der Waals surface area contributed by atoms with Gasteiger partial charge in [0.2, 0.25) is 0 Å². The van der Waals surface area contributed by atoms with Crippen LogP contribution in [0.5, 0.6) is 0 Å². The standard InChI is InChI=1S/C10H18O/c1-2-3-4-5-6-7-8-9-10-11/h2,7-8,11H,1,3-6,9-10H2/b8-7+. The van der Waals surface area contributed by atoms with Crippen LogP contribution in [0.15, 0.2) is 24.8 Å². The van der Waals surface area contributed by atoms with Crippen molar-refractivity contribution in [3.8, 4) is 0 Å². The molecular weight excluding hydrogens is 136 g/mol. The molecule has 0 spiro atoms. The van der Waals surface area contributed by atoms with Crippen molar-refractivity contribution in [1.29, 1.82) is 0 Å². The van der Waals surface area contributed by atoms with Gasteiger partial charge in [-0.1, -0.05) is 18.2 Å². The van der Waals surface area contributed by atoms with Gasteiger partial charge in [-0.15, -0.1) is 6.58 Å².